The number of hydrogen-bond acceptors (Lipinski definition) is 3. The number of carbonyl (C=O) groups is 3. The van der Waals surface area contributed by atoms with E-state index in [4.69, 9.17) is 0 Å². The maximum Gasteiger partial charge on any atom is 0.258 e. The molecule has 4 heteroatoms. The fourth-order valence-corrected chi connectivity index (χ4v) is 1.49. The molecule has 1 heterocycles. The van der Waals surface area contributed by atoms with Gasteiger partial charge in [0.25, 0.3) is 11.8 Å². The van der Waals surface area contributed by atoms with Crippen LogP contribution in [0.25, 0.3) is 0 Å². The molecule has 16 heavy (non-hydrogen) atoms. The van der Waals surface area contributed by atoms with Gasteiger partial charge < -0.3 is 0 Å². The largest absolute Gasteiger partial charge is 0.288 e. The van der Waals surface area contributed by atoms with Crippen LogP contribution in [0.2, 0.25) is 0 Å². The molecule has 2 rings (SSSR count). The van der Waals surface area contributed by atoms with Gasteiger partial charge in [-0.3, -0.25) is 19.7 Å². The Morgan fingerprint density at radius 2 is 1.88 bits per heavy atom. The van der Waals surface area contributed by atoms with E-state index in [1.807, 2.05) is 0 Å². The Balaban J connectivity index is 2.51. The van der Waals surface area contributed by atoms with Crippen molar-refractivity contribution < 1.29 is 14.4 Å². The number of Topliss-reactive ketones (excluding diaryl/α,β-unsaturated/α-hetero) is 1. The standard InChI is InChI=1S/C12H7NO3/c1-2-3-10(14)7-4-5-8-9(6-7)12(16)13-11(8)15/h4-6H,1H3,(H,13,15,16). The molecule has 0 atom stereocenters. The maximum absolute atomic E-state index is 11.4. The molecule has 0 saturated heterocycles. The molecule has 78 valence electrons. The number of amides is 2. The molecule has 0 spiro atoms. The van der Waals surface area contributed by atoms with Gasteiger partial charge in [0.1, 0.15) is 0 Å². The number of hydrogen-bond donors (Lipinski definition) is 1. The van der Waals surface area contributed by atoms with Crippen molar-refractivity contribution in [1.29, 1.82) is 0 Å². The minimum absolute atomic E-state index is 0.230. The van der Waals surface area contributed by atoms with E-state index < -0.39 is 11.8 Å². The van der Waals surface area contributed by atoms with Gasteiger partial charge >= 0.3 is 0 Å². The number of fused-ring (bicyclic) bond motifs is 1. The summed E-state index contributed by atoms with van der Waals surface area (Å²) in [7, 11) is 0. The van der Waals surface area contributed by atoms with Crippen LogP contribution in [0.5, 0.6) is 0 Å². The van der Waals surface area contributed by atoms with E-state index in [-0.39, 0.29) is 11.3 Å². The number of rotatable bonds is 1. The van der Waals surface area contributed by atoms with Crippen LogP contribution in [0.4, 0.5) is 0 Å². The molecule has 0 radical (unpaired) electrons. The molecule has 0 aromatic heterocycles. The summed E-state index contributed by atoms with van der Waals surface area (Å²) >= 11 is 0. The normalized spacial score (nSPS) is 12.6. The summed E-state index contributed by atoms with van der Waals surface area (Å²) in [5.41, 5.74) is 0.845. The molecule has 0 unspecified atom stereocenters. The number of benzene rings is 1. The highest BCUT2D eigenvalue weighted by atomic mass is 16.2. The lowest BCUT2D eigenvalue weighted by Crippen LogP contribution is -2.19. The van der Waals surface area contributed by atoms with Crippen molar-refractivity contribution in [1.82, 2.24) is 5.32 Å². The molecular weight excluding hydrogens is 206 g/mol. The minimum atomic E-state index is -0.473. The number of imide groups is 1. The Hall–Kier alpha value is -2.41. The van der Waals surface area contributed by atoms with E-state index in [2.05, 4.69) is 17.2 Å². The zero-order valence-corrected chi connectivity index (χ0v) is 8.46. The maximum atomic E-state index is 11.4. The van der Waals surface area contributed by atoms with Crippen molar-refractivity contribution in [3.05, 3.63) is 34.9 Å². The molecule has 1 aliphatic rings. The van der Waals surface area contributed by atoms with Gasteiger partial charge in [0.15, 0.2) is 0 Å². The zero-order chi connectivity index (χ0) is 11.7. The second-order valence-electron chi connectivity index (χ2n) is 3.25. The van der Waals surface area contributed by atoms with Crippen molar-refractivity contribution in [3.8, 4) is 11.8 Å². The Bertz CT molecular complexity index is 576. The molecule has 1 aromatic carbocycles. The van der Waals surface area contributed by atoms with Gasteiger partial charge in [-0.05, 0) is 31.0 Å². The van der Waals surface area contributed by atoms with Crippen molar-refractivity contribution in [2.24, 2.45) is 0 Å². The third kappa shape index (κ3) is 1.48. The summed E-state index contributed by atoms with van der Waals surface area (Å²) < 4.78 is 0. The van der Waals surface area contributed by atoms with E-state index in [0.29, 0.717) is 11.1 Å². The Morgan fingerprint density at radius 1 is 1.19 bits per heavy atom. The van der Waals surface area contributed by atoms with E-state index in [1.54, 1.807) is 6.92 Å². The SMILES string of the molecule is CC#CC(=O)c1ccc2c(c1)C(=O)NC2=O. The average Bonchev–Trinajstić information content (AvgIpc) is 2.55. The number of ketones is 1. The van der Waals surface area contributed by atoms with E-state index in [0.717, 1.165) is 0 Å². The van der Waals surface area contributed by atoms with Crippen molar-refractivity contribution in [3.63, 3.8) is 0 Å². The first-order chi connectivity index (χ1) is 7.63. The molecule has 0 aliphatic carbocycles. The zero-order valence-electron chi connectivity index (χ0n) is 8.46. The summed E-state index contributed by atoms with van der Waals surface area (Å²) in [6, 6.07) is 4.34. The van der Waals surface area contributed by atoms with Crippen LogP contribution >= 0.6 is 0 Å². The quantitative estimate of drug-likeness (QED) is 0.324. The van der Waals surface area contributed by atoms with Crippen LogP contribution in [0.1, 0.15) is 38.0 Å². The molecule has 1 aliphatic heterocycles. The lowest BCUT2D eigenvalue weighted by Gasteiger charge is -1.96. The Morgan fingerprint density at radius 3 is 2.56 bits per heavy atom. The average molecular weight is 213 g/mol. The number of nitrogens with one attached hydrogen (secondary N) is 1. The van der Waals surface area contributed by atoms with Crippen molar-refractivity contribution >= 4 is 17.6 Å². The first-order valence-corrected chi connectivity index (χ1v) is 4.60. The van der Waals surface area contributed by atoms with Crippen LogP contribution in [-0.4, -0.2) is 17.6 Å². The first kappa shape index (κ1) is 10.1. The third-order valence-corrected chi connectivity index (χ3v) is 2.24. The van der Waals surface area contributed by atoms with Gasteiger partial charge in [0.2, 0.25) is 5.78 Å². The van der Waals surface area contributed by atoms with E-state index in [1.165, 1.54) is 18.2 Å². The molecule has 0 saturated carbocycles. The van der Waals surface area contributed by atoms with Gasteiger partial charge in [0.05, 0.1) is 11.1 Å². The molecule has 0 bridgehead atoms. The summed E-state index contributed by atoms with van der Waals surface area (Å²) in [6.07, 6.45) is 0. The molecular formula is C12H7NO3. The van der Waals surface area contributed by atoms with Crippen LogP contribution in [-0.2, 0) is 0 Å². The van der Waals surface area contributed by atoms with Crippen LogP contribution < -0.4 is 5.32 Å². The number of carbonyl (C=O) groups excluding carboxylic acids is 3. The summed E-state index contributed by atoms with van der Waals surface area (Å²) in [6.45, 7) is 1.56. The highest BCUT2D eigenvalue weighted by molar-refractivity contribution is 6.22. The first-order valence-electron chi connectivity index (χ1n) is 4.60. The lowest BCUT2D eigenvalue weighted by atomic mass is 10.0. The molecule has 2 amide bonds. The van der Waals surface area contributed by atoms with Crippen LogP contribution in [0, 0.1) is 11.8 Å². The highest BCUT2D eigenvalue weighted by Crippen LogP contribution is 2.17. The lowest BCUT2D eigenvalue weighted by molar-refractivity contribution is 0.0879. The third-order valence-electron chi connectivity index (χ3n) is 2.24. The smallest absolute Gasteiger partial charge is 0.258 e. The van der Waals surface area contributed by atoms with Gasteiger partial charge in [0, 0.05) is 5.56 Å². The topological polar surface area (TPSA) is 63.2 Å². The fraction of sp³-hybridized carbons (Fsp3) is 0.0833. The highest BCUT2D eigenvalue weighted by Gasteiger charge is 2.27. The fourth-order valence-electron chi connectivity index (χ4n) is 1.49. The second-order valence-corrected chi connectivity index (χ2v) is 3.25. The summed E-state index contributed by atoms with van der Waals surface area (Å²) in [4.78, 5) is 34.0. The Labute approximate surface area is 91.6 Å². The second kappa shape index (κ2) is 3.63. The van der Waals surface area contributed by atoms with Gasteiger partial charge in [-0.15, -0.1) is 0 Å². The van der Waals surface area contributed by atoms with Gasteiger partial charge in [-0.1, -0.05) is 5.92 Å². The van der Waals surface area contributed by atoms with Crippen molar-refractivity contribution in [2.45, 2.75) is 6.92 Å². The molecule has 4 nitrogen and oxygen atoms in total. The monoisotopic (exact) mass is 213 g/mol. The van der Waals surface area contributed by atoms with E-state index in [9.17, 15) is 14.4 Å². The molecule has 1 N–H and O–H groups in total. The molecule has 0 fully saturated rings. The summed E-state index contributed by atoms with van der Waals surface area (Å²) in [5, 5.41) is 2.16. The van der Waals surface area contributed by atoms with Crippen LogP contribution in [0.3, 0.4) is 0 Å². The van der Waals surface area contributed by atoms with E-state index >= 15 is 0 Å². The minimum Gasteiger partial charge on any atom is -0.288 e. The predicted octanol–water partition coefficient (Wildman–Crippen LogP) is 0.776. The molecule has 1 aromatic rings. The van der Waals surface area contributed by atoms with Crippen molar-refractivity contribution in [2.75, 3.05) is 0 Å². The van der Waals surface area contributed by atoms with Crippen LogP contribution in [0.15, 0.2) is 18.2 Å². The predicted molar refractivity (Wildman–Crippen MR) is 56.0 cm³/mol. The summed E-state index contributed by atoms with van der Waals surface area (Å²) in [5.74, 6) is 3.59. The van der Waals surface area contributed by atoms with Gasteiger partial charge in [-0.2, -0.15) is 0 Å². The Kier molecular flexibility index (Phi) is 2.29. The van der Waals surface area contributed by atoms with Gasteiger partial charge in [-0.25, -0.2) is 0 Å².